The van der Waals surface area contributed by atoms with Crippen LogP contribution >= 0.6 is 0 Å². The first-order chi connectivity index (χ1) is 6.09. The molecule has 0 spiro atoms. The number of hydrogen-bond donors (Lipinski definition) is 1. The van der Waals surface area contributed by atoms with E-state index in [-0.39, 0.29) is 0 Å². The summed E-state index contributed by atoms with van der Waals surface area (Å²) < 4.78 is 5.29. The van der Waals surface area contributed by atoms with Crippen molar-refractivity contribution < 1.29 is 9.84 Å². The van der Waals surface area contributed by atoms with Crippen LogP contribution in [0.25, 0.3) is 6.08 Å². The summed E-state index contributed by atoms with van der Waals surface area (Å²) >= 11 is 0. The van der Waals surface area contributed by atoms with Gasteiger partial charge in [-0.15, -0.1) is 0 Å². The van der Waals surface area contributed by atoms with E-state index in [1.807, 2.05) is 13.0 Å². The Morgan fingerprint density at radius 2 is 2.31 bits per heavy atom. The number of nitrogens with zero attached hydrogens (tertiary/aromatic N) is 1. The van der Waals surface area contributed by atoms with E-state index in [0.717, 1.165) is 11.1 Å². The Bertz CT molecular complexity index is 369. The molecule has 0 saturated carbocycles. The second kappa shape index (κ2) is 2.57. The molecule has 1 aliphatic heterocycles. The zero-order valence-electron chi connectivity index (χ0n) is 7.61. The van der Waals surface area contributed by atoms with Crippen LogP contribution in [0.2, 0.25) is 0 Å². The third-order valence-electron chi connectivity index (χ3n) is 2.07. The molecule has 2 rings (SSSR count). The Morgan fingerprint density at radius 3 is 3.08 bits per heavy atom. The predicted octanol–water partition coefficient (Wildman–Crippen LogP) is 1.64. The summed E-state index contributed by atoms with van der Waals surface area (Å²) in [6.07, 6.45) is 5.22. The molecule has 3 nitrogen and oxygen atoms in total. The van der Waals surface area contributed by atoms with E-state index in [9.17, 15) is 5.11 Å². The Kier molecular flexibility index (Phi) is 1.63. The first kappa shape index (κ1) is 8.26. The largest absolute Gasteiger partial charge is 0.463 e. The summed E-state index contributed by atoms with van der Waals surface area (Å²) in [5, 5.41) is 9.91. The van der Waals surface area contributed by atoms with Crippen molar-refractivity contribution >= 4 is 6.08 Å². The van der Waals surface area contributed by atoms with Gasteiger partial charge in [0.2, 0.25) is 5.79 Å². The van der Waals surface area contributed by atoms with E-state index in [1.54, 1.807) is 25.4 Å². The van der Waals surface area contributed by atoms with Crippen LogP contribution in [0.1, 0.15) is 25.0 Å². The van der Waals surface area contributed by atoms with Crippen LogP contribution < -0.4 is 0 Å². The average Bonchev–Trinajstić information content (AvgIpc) is 2.02. The Balaban J connectivity index is 2.62. The minimum absolute atomic E-state index is 0.700. The van der Waals surface area contributed by atoms with Gasteiger partial charge in [0, 0.05) is 30.4 Å². The fourth-order valence-corrected chi connectivity index (χ4v) is 1.56. The summed E-state index contributed by atoms with van der Waals surface area (Å²) in [4.78, 5) is 3.99. The highest BCUT2D eigenvalue weighted by Gasteiger charge is 2.30. The van der Waals surface area contributed by atoms with Gasteiger partial charge in [-0.2, -0.15) is 0 Å². The monoisotopic (exact) mass is 177 g/mol. The topological polar surface area (TPSA) is 42.4 Å². The lowest BCUT2D eigenvalue weighted by Gasteiger charge is -2.30. The number of rotatable bonds is 0. The first-order valence-electron chi connectivity index (χ1n) is 4.14. The number of pyridine rings is 1. The van der Waals surface area contributed by atoms with Crippen molar-refractivity contribution in [2.45, 2.75) is 19.6 Å². The Hall–Kier alpha value is -1.35. The van der Waals surface area contributed by atoms with Crippen LogP contribution in [0.4, 0.5) is 0 Å². The van der Waals surface area contributed by atoms with Gasteiger partial charge in [-0.1, -0.05) is 0 Å². The van der Waals surface area contributed by atoms with Crippen molar-refractivity contribution in [3.63, 3.8) is 0 Å². The van der Waals surface area contributed by atoms with Gasteiger partial charge in [-0.05, 0) is 19.1 Å². The van der Waals surface area contributed by atoms with Crippen molar-refractivity contribution in [2.75, 3.05) is 0 Å². The maximum absolute atomic E-state index is 9.91. The number of ether oxygens (including phenoxy) is 1. The Labute approximate surface area is 76.7 Å². The zero-order chi connectivity index (χ0) is 9.47. The second-order valence-electron chi connectivity index (χ2n) is 3.30. The molecule has 13 heavy (non-hydrogen) atoms. The average molecular weight is 177 g/mol. The van der Waals surface area contributed by atoms with Crippen LogP contribution in [0.3, 0.4) is 0 Å². The van der Waals surface area contributed by atoms with Crippen LogP contribution in [0.15, 0.2) is 24.2 Å². The van der Waals surface area contributed by atoms with Crippen LogP contribution in [-0.2, 0) is 10.5 Å². The van der Waals surface area contributed by atoms with Gasteiger partial charge in [0.15, 0.2) is 0 Å². The van der Waals surface area contributed by atoms with Crippen LogP contribution in [-0.4, -0.2) is 10.1 Å². The fourth-order valence-electron chi connectivity index (χ4n) is 1.56. The molecule has 0 aromatic carbocycles. The summed E-state index contributed by atoms with van der Waals surface area (Å²) in [5.74, 6) is -0.526. The van der Waals surface area contributed by atoms with Gasteiger partial charge in [-0.3, -0.25) is 4.98 Å². The zero-order valence-corrected chi connectivity index (χ0v) is 7.61. The first-order valence-corrected chi connectivity index (χ1v) is 4.14. The van der Waals surface area contributed by atoms with Gasteiger partial charge in [-0.25, -0.2) is 0 Å². The minimum atomic E-state index is -1.23. The Morgan fingerprint density at radius 1 is 1.54 bits per heavy atom. The van der Waals surface area contributed by atoms with Crippen molar-refractivity contribution in [1.29, 1.82) is 0 Å². The molecule has 0 fully saturated rings. The maximum atomic E-state index is 9.91. The number of fused-ring (bicyclic) bond motifs is 1. The fraction of sp³-hybridized carbons (Fsp3) is 0.300. The SMILES string of the molecule is CC1=Cc2cnccc2C(C)(O)O1. The molecule has 0 saturated heterocycles. The molecule has 0 bridgehead atoms. The van der Waals surface area contributed by atoms with Gasteiger partial charge in [0.05, 0.1) is 5.76 Å². The highest BCUT2D eigenvalue weighted by atomic mass is 16.6. The summed E-state index contributed by atoms with van der Waals surface area (Å²) in [7, 11) is 0. The molecule has 1 aromatic rings. The summed E-state index contributed by atoms with van der Waals surface area (Å²) in [6, 6.07) is 1.76. The van der Waals surface area contributed by atoms with Crippen molar-refractivity contribution in [1.82, 2.24) is 4.98 Å². The quantitative estimate of drug-likeness (QED) is 0.655. The third-order valence-corrected chi connectivity index (χ3v) is 2.07. The molecule has 3 heteroatoms. The number of hydrogen-bond acceptors (Lipinski definition) is 3. The van der Waals surface area contributed by atoms with Crippen molar-refractivity contribution in [3.8, 4) is 0 Å². The second-order valence-corrected chi connectivity index (χ2v) is 3.30. The van der Waals surface area contributed by atoms with Gasteiger partial charge >= 0.3 is 0 Å². The number of aliphatic hydroxyl groups is 1. The third kappa shape index (κ3) is 1.31. The van der Waals surface area contributed by atoms with E-state index in [2.05, 4.69) is 4.98 Å². The molecule has 68 valence electrons. The summed E-state index contributed by atoms with van der Waals surface area (Å²) in [6.45, 7) is 3.44. The van der Waals surface area contributed by atoms with E-state index in [1.165, 1.54) is 0 Å². The standard InChI is InChI=1S/C10H11NO2/c1-7-5-8-6-11-4-3-9(8)10(2,12)13-7/h3-6,12H,1-2H3. The normalized spacial score (nSPS) is 25.9. The molecule has 0 aliphatic carbocycles. The molecule has 2 heterocycles. The number of allylic oxidation sites excluding steroid dienone is 1. The molecule has 0 amide bonds. The molecular formula is C10H11NO2. The molecular weight excluding hydrogens is 166 g/mol. The van der Waals surface area contributed by atoms with Crippen LogP contribution in [0, 0.1) is 0 Å². The van der Waals surface area contributed by atoms with E-state index >= 15 is 0 Å². The predicted molar refractivity (Wildman–Crippen MR) is 48.5 cm³/mol. The molecule has 1 unspecified atom stereocenters. The minimum Gasteiger partial charge on any atom is -0.463 e. The highest BCUT2D eigenvalue weighted by molar-refractivity contribution is 5.57. The molecule has 1 atom stereocenters. The lowest BCUT2D eigenvalue weighted by atomic mass is 10.00. The lowest BCUT2D eigenvalue weighted by molar-refractivity contribution is -0.172. The lowest BCUT2D eigenvalue weighted by Crippen LogP contribution is -2.28. The maximum Gasteiger partial charge on any atom is 0.232 e. The van der Waals surface area contributed by atoms with E-state index in [4.69, 9.17) is 4.74 Å². The van der Waals surface area contributed by atoms with Crippen molar-refractivity contribution in [3.05, 3.63) is 35.3 Å². The van der Waals surface area contributed by atoms with Gasteiger partial charge in [0.1, 0.15) is 0 Å². The van der Waals surface area contributed by atoms with E-state index in [0.29, 0.717) is 5.76 Å². The molecule has 1 N–H and O–H groups in total. The molecule has 0 radical (unpaired) electrons. The van der Waals surface area contributed by atoms with E-state index < -0.39 is 5.79 Å². The highest BCUT2D eigenvalue weighted by Crippen LogP contribution is 2.33. The van der Waals surface area contributed by atoms with Crippen molar-refractivity contribution in [2.24, 2.45) is 0 Å². The summed E-state index contributed by atoms with van der Waals surface area (Å²) in [5.41, 5.74) is 1.67. The smallest absolute Gasteiger partial charge is 0.232 e. The molecule has 1 aromatic heterocycles. The molecule has 1 aliphatic rings. The number of aromatic nitrogens is 1. The van der Waals surface area contributed by atoms with Gasteiger partial charge in [0.25, 0.3) is 0 Å². The van der Waals surface area contributed by atoms with Gasteiger partial charge < -0.3 is 9.84 Å². The van der Waals surface area contributed by atoms with Crippen LogP contribution in [0.5, 0.6) is 0 Å².